The van der Waals surface area contributed by atoms with E-state index in [-0.39, 0.29) is 0 Å². The molecule has 0 spiro atoms. The summed E-state index contributed by atoms with van der Waals surface area (Å²) in [7, 11) is 0. The number of nitrogens with zero attached hydrogens (tertiary/aromatic N) is 4. The van der Waals surface area contributed by atoms with E-state index >= 15 is 0 Å². The maximum Gasteiger partial charge on any atom is 0.140 e. The first-order valence-electron chi connectivity index (χ1n) is 8.53. The van der Waals surface area contributed by atoms with Crippen LogP contribution in [0.2, 0.25) is 0 Å². The summed E-state index contributed by atoms with van der Waals surface area (Å²) in [6.45, 7) is 6.78. The Labute approximate surface area is 132 Å². The molecule has 1 aromatic carbocycles. The van der Waals surface area contributed by atoms with Crippen molar-refractivity contribution in [3.8, 4) is 0 Å². The number of hydrogen-bond donors (Lipinski definition) is 0. The molecule has 2 fully saturated rings. The molecule has 0 aliphatic carbocycles. The Bertz CT molecular complexity index is 663. The molecule has 2 saturated heterocycles. The van der Waals surface area contributed by atoms with E-state index in [0.717, 1.165) is 30.2 Å². The summed E-state index contributed by atoms with van der Waals surface area (Å²) in [5.41, 5.74) is 1.06. The Hall–Kier alpha value is -1.68. The Balaban J connectivity index is 1.60. The standard InChI is InChI=1S/C18H24N4/c1-14-19-17-8-4-3-7-16(17)18(20-14)22-12-9-15(13-22)21-10-5-2-6-11-21/h3-4,7-8,15H,2,5-6,9-13H2,1H3. The summed E-state index contributed by atoms with van der Waals surface area (Å²) >= 11 is 0. The molecule has 1 atom stereocenters. The number of anilines is 1. The van der Waals surface area contributed by atoms with Crippen LogP contribution in [0.4, 0.5) is 5.82 Å². The molecule has 3 heterocycles. The summed E-state index contributed by atoms with van der Waals surface area (Å²) in [5, 5.41) is 1.19. The molecule has 4 heteroatoms. The van der Waals surface area contributed by atoms with Crippen LogP contribution in [0.25, 0.3) is 10.9 Å². The van der Waals surface area contributed by atoms with Crippen LogP contribution in [0.15, 0.2) is 24.3 Å². The minimum atomic E-state index is 0.703. The molecule has 0 bridgehead atoms. The van der Waals surface area contributed by atoms with Gasteiger partial charge in [0.15, 0.2) is 0 Å². The smallest absolute Gasteiger partial charge is 0.140 e. The minimum absolute atomic E-state index is 0.703. The van der Waals surface area contributed by atoms with E-state index in [4.69, 9.17) is 4.98 Å². The second-order valence-corrected chi connectivity index (χ2v) is 6.60. The number of fused-ring (bicyclic) bond motifs is 1. The zero-order valence-corrected chi connectivity index (χ0v) is 13.3. The summed E-state index contributed by atoms with van der Waals surface area (Å²) in [6, 6.07) is 9.08. The van der Waals surface area contributed by atoms with Gasteiger partial charge >= 0.3 is 0 Å². The molecule has 4 rings (SSSR count). The van der Waals surface area contributed by atoms with Gasteiger partial charge in [-0.25, -0.2) is 9.97 Å². The molecule has 116 valence electrons. The van der Waals surface area contributed by atoms with Crippen LogP contribution < -0.4 is 4.90 Å². The molecule has 0 radical (unpaired) electrons. The van der Waals surface area contributed by atoms with Gasteiger partial charge in [0.1, 0.15) is 11.6 Å². The lowest BCUT2D eigenvalue weighted by Gasteiger charge is -2.32. The second-order valence-electron chi connectivity index (χ2n) is 6.60. The van der Waals surface area contributed by atoms with Crippen molar-refractivity contribution in [2.75, 3.05) is 31.1 Å². The lowest BCUT2D eigenvalue weighted by Crippen LogP contribution is -2.41. The van der Waals surface area contributed by atoms with E-state index in [1.165, 1.54) is 44.2 Å². The third-order valence-electron chi connectivity index (χ3n) is 5.06. The van der Waals surface area contributed by atoms with E-state index in [0.29, 0.717) is 6.04 Å². The molecular weight excluding hydrogens is 272 g/mol. The van der Waals surface area contributed by atoms with Gasteiger partial charge in [-0.05, 0) is 51.4 Å². The van der Waals surface area contributed by atoms with Crippen molar-refractivity contribution < 1.29 is 0 Å². The van der Waals surface area contributed by atoms with E-state index in [1.54, 1.807) is 0 Å². The first kappa shape index (κ1) is 13.9. The highest BCUT2D eigenvalue weighted by Crippen LogP contribution is 2.29. The van der Waals surface area contributed by atoms with Crippen molar-refractivity contribution in [3.63, 3.8) is 0 Å². The average molecular weight is 296 g/mol. The van der Waals surface area contributed by atoms with Crippen molar-refractivity contribution in [3.05, 3.63) is 30.1 Å². The fourth-order valence-electron chi connectivity index (χ4n) is 3.93. The van der Waals surface area contributed by atoms with Crippen LogP contribution in [0.1, 0.15) is 31.5 Å². The Morgan fingerprint density at radius 3 is 2.68 bits per heavy atom. The zero-order chi connectivity index (χ0) is 14.9. The van der Waals surface area contributed by atoms with Crippen LogP contribution in [-0.4, -0.2) is 47.1 Å². The summed E-state index contributed by atoms with van der Waals surface area (Å²) in [6.07, 6.45) is 5.40. The van der Waals surface area contributed by atoms with Gasteiger partial charge in [0, 0.05) is 24.5 Å². The SMILES string of the molecule is Cc1nc(N2CCC(N3CCCCC3)C2)c2ccccc2n1. The predicted molar refractivity (Wildman–Crippen MR) is 90.3 cm³/mol. The van der Waals surface area contributed by atoms with Crippen molar-refractivity contribution in [2.24, 2.45) is 0 Å². The van der Waals surface area contributed by atoms with Gasteiger partial charge in [0.25, 0.3) is 0 Å². The van der Waals surface area contributed by atoms with Crippen molar-refractivity contribution in [1.29, 1.82) is 0 Å². The Morgan fingerprint density at radius 1 is 1.00 bits per heavy atom. The highest BCUT2D eigenvalue weighted by molar-refractivity contribution is 5.89. The quantitative estimate of drug-likeness (QED) is 0.853. The number of piperidine rings is 1. The summed E-state index contributed by atoms with van der Waals surface area (Å²) < 4.78 is 0. The number of rotatable bonds is 2. The second kappa shape index (κ2) is 5.84. The highest BCUT2D eigenvalue weighted by Gasteiger charge is 2.30. The fraction of sp³-hybridized carbons (Fsp3) is 0.556. The van der Waals surface area contributed by atoms with Crippen molar-refractivity contribution in [2.45, 2.75) is 38.6 Å². The lowest BCUT2D eigenvalue weighted by atomic mass is 10.1. The van der Waals surface area contributed by atoms with E-state index in [1.807, 2.05) is 6.92 Å². The van der Waals surface area contributed by atoms with E-state index in [9.17, 15) is 0 Å². The van der Waals surface area contributed by atoms with Crippen LogP contribution in [0.5, 0.6) is 0 Å². The van der Waals surface area contributed by atoms with Gasteiger partial charge in [-0.3, -0.25) is 4.90 Å². The average Bonchev–Trinajstić information content (AvgIpc) is 3.05. The van der Waals surface area contributed by atoms with Gasteiger partial charge < -0.3 is 4.90 Å². The van der Waals surface area contributed by atoms with Gasteiger partial charge in [-0.1, -0.05) is 18.6 Å². The molecular formula is C18H24N4. The Morgan fingerprint density at radius 2 is 1.82 bits per heavy atom. The topological polar surface area (TPSA) is 32.3 Å². The highest BCUT2D eigenvalue weighted by atomic mass is 15.3. The third-order valence-corrected chi connectivity index (χ3v) is 5.06. The number of likely N-dealkylation sites (tertiary alicyclic amines) is 1. The van der Waals surface area contributed by atoms with Crippen LogP contribution in [0.3, 0.4) is 0 Å². The maximum absolute atomic E-state index is 4.76. The first-order valence-corrected chi connectivity index (χ1v) is 8.53. The fourth-order valence-corrected chi connectivity index (χ4v) is 3.93. The van der Waals surface area contributed by atoms with Crippen molar-refractivity contribution in [1.82, 2.24) is 14.9 Å². The van der Waals surface area contributed by atoms with Gasteiger partial charge in [-0.15, -0.1) is 0 Å². The Kier molecular flexibility index (Phi) is 3.70. The lowest BCUT2D eigenvalue weighted by molar-refractivity contribution is 0.175. The van der Waals surface area contributed by atoms with Gasteiger partial charge in [-0.2, -0.15) is 0 Å². The molecule has 2 aliphatic rings. The van der Waals surface area contributed by atoms with E-state index < -0.39 is 0 Å². The van der Waals surface area contributed by atoms with Crippen LogP contribution >= 0.6 is 0 Å². The number of benzene rings is 1. The van der Waals surface area contributed by atoms with Crippen LogP contribution in [-0.2, 0) is 0 Å². The molecule has 0 saturated carbocycles. The summed E-state index contributed by atoms with van der Waals surface area (Å²) in [4.78, 5) is 14.5. The van der Waals surface area contributed by atoms with Crippen molar-refractivity contribution >= 4 is 16.7 Å². The number of aromatic nitrogens is 2. The molecule has 1 unspecified atom stereocenters. The molecule has 2 aromatic rings. The van der Waals surface area contributed by atoms with Gasteiger partial charge in [0.05, 0.1) is 5.52 Å². The van der Waals surface area contributed by atoms with Crippen LogP contribution in [0, 0.1) is 6.92 Å². The molecule has 2 aliphatic heterocycles. The molecule has 22 heavy (non-hydrogen) atoms. The zero-order valence-electron chi connectivity index (χ0n) is 13.3. The summed E-state index contributed by atoms with van der Waals surface area (Å²) in [5.74, 6) is 2.00. The maximum atomic E-state index is 4.76. The number of aryl methyl sites for hydroxylation is 1. The normalized spacial score (nSPS) is 23.3. The molecule has 4 nitrogen and oxygen atoms in total. The molecule has 0 N–H and O–H groups in total. The minimum Gasteiger partial charge on any atom is -0.354 e. The largest absolute Gasteiger partial charge is 0.354 e. The van der Waals surface area contributed by atoms with Gasteiger partial charge in [0.2, 0.25) is 0 Å². The van der Waals surface area contributed by atoms with E-state index in [2.05, 4.69) is 39.0 Å². The number of para-hydroxylation sites is 1. The predicted octanol–water partition coefficient (Wildman–Crippen LogP) is 3.00. The number of hydrogen-bond acceptors (Lipinski definition) is 4. The molecule has 0 amide bonds. The molecule has 1 aromatic heterocycles. The first-order chi connectivity index (χ1) is 10.8. The monoisotopic (exact) mass is 296 g/mol. The third kappa shape index (κ3) is 2.56.